The Balaban J connectivity index is 1.78. The van der Waals surface area contributed by atoms with Gasteiger partial charge in [-0.05, 0) is 49.9 Å². The zero-order valence-electron chi connectivity index (χ0n) is 12.4. The van der Waals surface area contributed by atoms with Crippen molar-refractivity contribution < 1.29 is 0 Å². The topological polar surface area (TPSA) is 57.9 Å². The lowest BCUT2D eigenvalue weighted by molar-refractivity contribution is 0.192. The Morgan fingerprint density at radius 1 is 1.40 bits per heavy atom. The van der Waals surface area contributed by atoms with Gasteiger partial charge in [0, 0.05) is 18.3 Å². The lowest BCUT2D eigenvalue weighted by Crippen LogP contribution is -2.35. The van der Waals surface area contributed by atoms with E-state index < -0.39 is 0 Å². The summed E-state index contributed by atoms with van der Waals surface area (Å²) in [5, 5.41) is 0. The van der Waals surface area contributed by atoms with Crippen molar-refractivity contribution in [1.82, 2.24) is 14.9 Å². The number of aromatic amines is 1. The highest BCUT2D eigenvalue weighted by Crippen LogP contribution is 2.36. The third kappa shape index (κ3) is 2.52. The van der Waals surface area contributed by atoms with Crippen LogP contribution in [0.3, 0.4) is 0 Å². The Morgan fingerprint density at radius 3 is 2.85 bits per heavy atom. The number of nitrogens with two attached hydrogens (primary N) is 1. The Bertz CT molecular complexity index is 579. The molecule has 2 aromatic heterocycles. The molecule has 0 atom stereocenters. The van der Waals surface area contributed by atoms with Gasteiger partial charge in [0.05, 0.1) is 11.0 Å². The van der Waals surface area contributed by atoms with E-state index >= 15 is 0 Å². The molecule has 108 valence electrons. The molecular formula is C16H24N4. The molecule has 3 heterocycles. The van der Waals surface area contributed by atoms with E-state index in [0.29, 0.717) is 5.92 Å². The molecule has 0 amide bonds. The van der Waals surface area contributed by atoms with Gasteiger partial charge < -0.3 is 15.6 Å². The number of fused-ring (bicyclic) bond motifs is 1. The predicted octanol–water partition coefficient (Wildman–Crippen LogP) is 2.98. The van der Waals surface area contributed by atoms with Gasteiger partial charge in [0.2, 0.25) is 0 Å². The van der Waals surface area contributed by atoms with E-state index in [1.807, 2.05) is 12.3 Å². The predicted molar refractivity (Wildman–Crippen MR) is 83.8 cm³/mol. The van der Waals surface area contributed by atoms with Crippen LogP contribution in [0.15, 0.2) is 18.3 Å². The Hall–Kier alpha value is -1.55. The number of nitrogen functional groups attached to an aromatic ring is 1. The van der Waals surface area contributed by atoms with Crippen molar-refractivity contribution in [2.45, 2.75) is 32.6 Å². The second kappa shape index (κ2) is 5.44. The number of hydrogen-bond donors (Lipinski definition) is 2. The highest BCUT2D eigenvalue weighted by Gasteiger charge is 2.25. The number of hydrogen-bond acceptors (Lipinski definition) is 3. The molecule has 4 nitrogen and oxygen atoms in total. The van der Waals surface area contributed by atoms with Crippen LogP contribution in [0.2, 0.25) is 0 Å². The zero-order chi connectivity index (χ0) is 14.1. The van der Waals surface area contributed by atoms with Crippen LogP contribution in [0.25, 0.3) is 11.0 Å². The Labute approximate surface area is 120 Å². The number of H-pyrrole nitrogens is 1. The summed E-state index contributed by atoms with van der Waals surface area (Å²) < 4.78 is 0. The number of likely N-dealkylation sites (tertiary alicyclic amines) is 1. The van der Waals surface area contributed by atoms with Gasteiger partial charge in [-0.2, -0.15) is 0 Å². The van der Waals surface area contributed by atoms with E-state index in [9.17, 15) is 0 Å². The van der Waals surface area contributed by atoms with Crippen molar-refractivity contribution in [3.63, 3.8) is 0 Å². The summed E-state index contributed by atoms with van der Waals surface area (Å²) >= 11 is 0. The molecular weight excluding hydrogens is 248 g/mol. The van der Waals surface area contributed by atoms with Crippen molar-refractivity contribution in [1.29, 1.82) is 0 Å². The molecule has 1 aliphatic rings. The molecule has 0 saturated carbocycles. The van der Waals surface area contributed by atoms with Crippen molar-refractivity contribution in [3.8, 4) is 0 Å². The number of nitrogens with one attached hydrogen (secondary N) is 1. The molecule has 0 bridgehead atoms. The molecule has 4 heteroatoms. The first-order valence-electron chi connectivity index (χ1n) is 7.59. The van der Waals surface area contributed by atoms with Gasteiger partial charge in [-0.15, -0.1) is 0 Å². The molecule has 3 N–H and O–H groups in total. The SMILES string of the molecule is CC(C)CN1CCC(c2c(N)[nH]c3cccnc23)CC1. The van der Waals surface area contributed by atoms with E-state index in [4.69, 9.17) is 5.73 Å². The van der Waals surface area contributed by atoms with Crippen LogP contribution in [0, 0.1) is 5.92 Å². The standard InChI is InChI=1S/C16H24N4/c1-11(2)10-20-8-5-12(6-9-20)14-15-13(19-16(14)17)4-3-7-18-15/h3-4,7,11-12,19H,5-6,8-10,17H2,1-2H3. The summed E-state index contributed by atoms with van der Waals surface area (Å²) in [5.41, 5.74) is 9.55. The van der Waals surface area contributed by atoms with Crippen molar-refractivity contribution >= 4 is 16.9 Å². The van der Waals surface area contributed by atoms with Crippen molar-refractivity contribution in [2.75, 3.05) is 25.4 Å². The maximum Gasteiger partial charge on any atom is 0.106 e. The Kier molecular flexibility index (Phi) is 3.66. The molecule has 0 radical (unpaired) electrons. The van der Waals surface area contributed by atoms with E-state index in [0.717, 1.165) is 22.8 Å². The number of rotatable bonds is 3. The van der Waals surface area contributed by atoms with E-state index in [1.54, 1.807) is 0 Å². The largest absolute Gasteiger partial charge is 0.385 e. The summed E-state index contributed by atoms with van der Waals surface area (Å²) in [5.74, 6) is 2.09. The molecule has 1 aliphatic heterocycles. The second-order valence-electron chi connectivity index (χ2n) is 6.32. The van der Waals surface area contributed by atoms with E-state index in [-0.39, 0.29) is 0 Å². The minimum Gasteiger partial charge on any atom is -0.385 e. The molecule has 1 fully saturated rings. The first-order valence-corrected chi connectivity index (χ1v) is 7.59. The van der Waals surface area contributed by atoms with Crippen LogP contribution in [-0.4, -0.2) is 34.5 Å². The molecule has 2 aromatic rings. The highest BCUT2D eigenvalue weighted by atomic mass is 15.1. The average molecular weight is 272 g/mol. The number of pyridine rings is 1. The van der Waals surface area contributed by atoms with Gasteiger partial charge in [0.25, 0.3) is 0 Å². The summed E-state index contributed by atoms with van der Waals surface area (Å²) in [6.45, 7) is 8.11. The highest BCUT2D eigenvalue weighted by molar-refractivity contribution is 5.85. The number of aromatic nitrogens is 2. The lowest BCUT2D eigenvalue weighted by atomic mass is 9.89. The van der Waals surface area contributed by atoms with Gasteiger partial charge in [0.1, 0.15) is 5.82 Å². The maximum atomic E-state index is 6.19. The molecule has 0 spiro atoms. The van der Waals surface area contributed by atoms with Gasteiger partial charge in [-0.1, -0.05) is 13.8 Å². The molecule has 20 heavy (non-hydrogen) atoms. The molecule has 0 aromatic carbocycles. The summed E-state index contributed by atoms with van der Waals surface area (Å²) in [7, 11) is 0. The van der Waals surface area contributed by atoms with Gasteiger partial charge in [-0.25, -0.2) is 0 Å². The van der Waals surface area contributed by atoms with Crippen LogP contribution in [0.5, 0.6) is 0 Å². The average Bonchev–Trinajstić information content (AvgIpc) is 2.75. The zero-order valence-corrected chi connectivity index (χ0v) is 12.4. The maximum absolute atomic E-state index is 6.19. The smallest absolute Gasteiger partial charge is 0.106 e. The fourth-order valence-corrected chi connectivity index (χ4v) is 3.39. The third-order valence-electron chi connectivity index (χ3n) is 4.24. The quantitative estimate of drug-likeness (QED) is 0.903. The second-order valence-corrected chi connectivity index (χ2v) is 6.32. The van der Waals surface area contributed by atoms with Crippen LogP contribution in [-0.2, 0) is 0 Å². The summed E-state index contributed by atoms with van der Waals surface area (Å²) in [6, 6.07) is 4.00. The fourth-order valence-electron chi connectivity index (χ4n) is 3.39. The summed E-state index contributed by atoms with van der Waals surface area (Å²) in [4.78, 5) is 10.4. The normalized spacial score (nSPS) is 18.1. The van der Waals surface area contributed by atoms with Crippen LogP contribution < -0.4 is 5.73 Å². The monoisotopic (exact) mass is 272 g/mol. The van der Waals surface area contributed by atoms with Gasteiger partial charge in [0.15, 0.2) is 0 Å². The molecule has 0 unspecified atom stereocenters. The number of anilines is 1. The first kappa shape index (κ1) is 13.4. The third-order valence-corrected chi connectivity index (χ3v) is 4.24. The van der Waals surface area contributed by atoms with Crippen LogP contribution in [0.4, 0.5) is 5.82 Å². The van der Waals surface area contributed by atoms with E-state index in [2.05, 4.69) is 34.8 Å². The van der Waals surface area contributed by atoms with Gasteiger partial charge >= 0.3 is 0 Å². The molecule has 0 aliphatic carbocycles. The van der Waals surface area contributed by atoms with Gasteiger partial charge in [-0.3, -0.25) is 4.98 Å². The molecule has 3 rings (SSSR count). The molecule has 1 saturated heterocycles. The lowest BCUT2D eigenvalue weighted by Gasteiger charge is -2.33. The van der Waals surface area contributed by atoms with Crippen molar-refractivity contribution in [2.24, 2.45) is 5.92 Å². The van der Waals surface area contributed by atoms with Crippen LogP contribution in [0.1, 0.15) is 38.2 Å². The van der Waals surface area contributed by atoms with E-state index in [1.165, 1.54) is 38.0 Å². The minimum atomic E-state index is 0.544. The summed E-state index contributed by atoms with van der Waals surface area (Å²) in [6.07, 6.45) is 4.22. The van der Waals surface area contributed by atoms with Crippen LogP contribution >= 0.6 is 0 Å². The Morgan fingerprint density at radius 2 is 2.15 bits per heavy atom. The number of piperidine rings is 1. The van der Waals surface area contributed by atoms with Crippen molar-refractivity contribution in [3.05, 3.63) is 23.9 Å². The number of nitrogens with zero attached hydrogens (tertiary/aromatic N) is 2. The minimum absolute atomic E-state index is 0.544. The first-order chi connectivity index (χ1) is 9.65. The fraction of sp³-hybridized carbons (Fsp3) is 0.562.